The van der Waals surface area contributed by atoms with Crippen LogP contribution in [-0.4, -0.2) is 0 Å². The third kappa shape index (κ3) is 1.08. The molecule has 0 bridgehead atoms. The van der Waals surface area contributed by atoms with Crippen LogP contribution in [0.3, 0.4) is 0 Å². The lowest BCUT2D eigenvalue weighted by atomic mass is 10.0. The molecule has 1 aliphatic carbocycles. The highest BCUT2D eigenvalue weighted by atomic mass is 14.2. The lowest BCUT2D eigenvalue weighted by Gasteiger charge is -2.01. The second kappa shape index (κ2) is 2.78. The number of fused-ring (bicyclic) bond motifs is 1. The van der Waals surface area contributed by atoms with E-state index in [9.17, 15) is 0 Å². The average Bonchev–Trinajstić information content (AvgIpc) is 2.47. The van der Waals surface area contributed by atoms with Crippen molar-refractivity contribution in [3.63, 3.8) is 0 Å². The van der Waals surface area contributed by atoms with Crippen molar-refractivity contribution in [2.24, 2.45) is 0 Å². The molecular formula is C12H14. The molecule has 0 atom stereocenters. The molecule has 62 valence electrons. The van der Waals surface area contributed by atoms with Gasteiger partial charge in [0.2, 0.25) is 0 Å². The second-order valence-corrected chi connectivity index (χ2v) is 3.64. The lowest BCUT2D eigenvalue weighted by molar-refractivity contribution is 1.07. The predicted octanol–water partition coefficient (Wildman–Crippen LogP) is 3.43. The van der Waals surface area contributed by atoms with Crippen molar-refractivity contribution < 1.29 is 0 Å². The van der Waals surface area contributed by atoms with Crippen LogP contribution in [0.15, 0.2) is 29.8 Å². The molecule has 0 nitrogen and oxygen atoms in total. The van der Waals surface area contributed by atoms with Crippen LogP contribution in [0.2, 0.25) is 0 Å². The Balaban J connectivity index is 2.57. The summed E-state index contributed by atoms with van der Waals surface area (Å²) in [6.07, 6.45) is 2.47. The summed E-state index contributed by atoms with van der Waals surface area (Å²) in [5.41, 5.74) is 6.04. The van der Waals surface area contributed by atoms with E-state index in [1.54, 1.807) is 5.57 Å². The van der Waals surface area contributed by atoms with Gasteiger partial charge in [0, 0.05) is 0 Å². The van der Waals surface area contributed by atoms with E-state index in [1.807, 2.05) is 0 Å². The van der Waals surface area contributed by atoms with Crippen LogP contribution in [0, 0.1) is 0 Å². The molecule has 0 amide bonds. The van der Waals surface area contributed by atoms with Gasteiger partial charge in [0.1, 0.15) is 0 Å². The number of aryl methyl sites for hydroxylation is 1. The number of allylic oxidation sites excluding steroid dienone is 2. The van der Waals surface area contributed by atoms with E-state index in [2.05, 4.69) is 38.1 Å². The Morgan fingerprint density at radius 1 is 1.08 bits per heavy atom. The van der Waals surface area contributed by atoms with Gasteiger partial charge in [-0.15, -0.1) is 0 Å². The Morgan fingerprint density at radius 2 is 1.83 bits per heavy atom. The van der Waals surface area contributed by atoms with Crippen molar-refractivity contribution in [1.29, 1.82) is 0 Å². The Bertz CT molecular complexity index is 328. The first-order chi connectivity index (χ1) is 5.79. The van der Waals surface area contributed by atoms with E-state index in [4.69, 9.17) is 0 Å². The van der Waals surface area contributed by atoms with E-state index in [0.717, 1.165) is 0 Å². The Hall–Kier alpha value is -1.04. The highest BCUT2D eigenvalue weighted by molar-refractivity contribution is 5.74. The minimum Gasteiger partial charge on any atom is -0.0726 e. The quantitative estimate of drug-likeness (QED) is 0.542. The van der Waals surface area contributed by atoms with E-state index in [1.165, 1.54) is 29.5 Å². The normalized spacial score (nSPS) is 14.7. The molecule has 2 rings (SSSR count). The molecule has 0 fully saturated rings. The molecule has 0 heteroatoms. The van der Waals surface area contributed by atoms with Crippen molar-refractivity contribution in [3.05, 3.63) is 41.0 Å². The van der Waals surface area contributed by atoms with Crippen LogP contribution in [0.25, 0.3) is 5.57 Å². The van der Waals surface area contributed by atoms with Crippen LogP contribution < -0.4 is 0 Å². The Labute approximate surface area is 73.9 Å². The van der Waals surface area contributed by atoms with Crippen LogP contribution >= 0.6 is 0 Å². The minimum absolute atomic E-state index is 1.23. The molecule has 0 aliphatic heterocycles. The molecule has 0 aromatic heterocycles. The molecule has 0 N–H and O–H groups in total. The number of hydrogen-bond acceptors (Lipinski definition) is 0. The molecule has 0 heterocycles. The molecule has 0 saturated carbocycles. The van der Waals surface area contributed by atoms with E-state index in [-0.39, 0.29) is 0 Å². The first-order valence-corrected chi connectivity index (χ1v) is 4.53. The molecule has 0 unspecified atom stereocenters. The van der Waals surface area contributed by atoms with Crippen LogP contribution in [0.1, 0.15) is 31.4 Å². The Kier molecular flexibility index (Phi) is 1.76. The van der Waals surface area contributed by atoms with Gasteiger partial charge in [0.05, 0.1) is 0 Å². The maximum Gasteiger partial charge on any atom is -0.0193 e. The van der Waals surface area contributed by atoms with E-state index in [0.29, 0.717) is 0 Å². The number of benzene rings is 1. The third-order valence-electron chi connectivity index (χ3n) is 2.59. The highest BCUT2D eigenvalue weighted by Crippen LogP contribution is 2.33. The topological polar surface area (TPSA) is 0 Å². The lowest BCUT2D eigenvalue weighted by Crippen LogP contribution is -1.80. The van der Waals surface area contributed by atoms with Gasteiger partial charge in [0.25, 0.3) is 0 Å². The fraction of sp³-hybridized carbons (Fsp3) is 0.333. The van der Waals surface area contributed by atoms with Crippen molar-refractivity contribution >= 4 is 5.57 Å². The predicted molar refractivity (Wildman–Crippen MR) is 53.0 cm³/mol. The molecular weight excluding hydrogens is 144 g/mol. The van der Waals surface area contributed by atoms with Gasteiger partial charge < -0.3 is 0 Å². The summed E-state index contributed by atoms with van der Waals surface area (Å²) in [4.78, 5) is 0. The van der Waals surface area contributed by atoms with Gasteiger partial charge in [-0.1, -0.05) is 29.8 Å². The maximum absolute atomic E-state index is 2.24. The maximum atomic E-state index is 2.24. The smallest absolute Gasteiger partial charge is 0.0193 e. The van der Waals surface area contributed by atoms with Gasteiger partial charge in [0.15, 0.2) is 0 Å². The third-order valence-corrected chi connectivity index (χ3v) is 2.59. The van der Waals surface area contributed by atoms with E-state index >= 15 is 0 Å². The first kappa shape index (κ1) is 7.60. The number of rotatable bonds is 0. The summed E-state index contributed by atoms with van der Waals surface area (Å²) in [5.74, 6) is 0. The van der Waals surface area contributed by atoms with Crippen molar-refractivity contribution in [1.82, 2.24) is 0 Å². The zero-order valence-corrected chi connectivity index (χ0v) is 7.72. The summed E-state index contributed by atoms with van der Waals surface area (Å²) in [6, 6.07) is 8.75. The highest BCUT2D eigenvalue weighted by Gasteiger charge is 2.15. The summed E-state index contributed by atoms with van der Waals surface area (Å²) in [6.45, 7) is 4.41. The van der Waals surface area contributed by atoms with Crippen molar-refractivity contribution in [2.45, 2.75) is 26.7 Å². The van der Waals surface area contributed by atoms with Gasteiger partial charge in [-0.25, -0.2) is 0 Å². The van der Waals surface area contributed by atoms with Crippen molar-refractivity contribution in [3.8, 4) is 0 Å². The molecule has 1 aromatic carbocycles. The molecule has 0 radical (unpaired) electrons. The summed E-state index contributed by atoms with van der Waals surface area (Å²) >= 11 is 0. The minimum atomic E-state index is 1.23. The van der Waals surface area contributed by atoms with Crippen molar-refractivity contribution in [2.75, 3.05) is 0 Å². The number of hydrogen-bond donors (Lipinski definition) is 0. The van der Waals surface area contributed by atoms with Crippen LogP contribution in [-0.2, 0) is 6.42 Å². The first-order valence-electron chi connectivity index (χ1n) is 4.53. The standard InChI is InChI=1S/C12H14/c1-9(2)11-8-7-10-5-3-4-6-12(10)11/h3-6H,7-8H2,1-2H3. The second-order valence-electron chi connectivity index (χ2n) is 3.64. The Morgan fingerprint density at radius 3 is 2.58 bits per heavy atom. The SMILES string of the molecule is CC(C)=C1CCc2ccccc21. The fourth-order valence-corrected chi connectivity index (χ4v) is 1.95. The van der Waals surface area contributed by atoms with Gasteiger partial charge in [-0.2, -0.15) is 0 Å². The van der Waals surface area contributed by atoms with Crippen LogP contribution in [0.5, 0.6) is 0 Å². The molecule has 1 aromatic rings. The monoisotopic (exact) mass is 158 g/mol. The fourth-order valence-electron chi connectivity index (χ4n) is 1.95. The largest absolute Gasteiger partial charge is 0.0726 e. The van der Waals surface area contributed by atoms with Gasteiger partial charge in [-0.05, 0) is 43.4 Å². The average molecular weight is 158 g/mol. The summed E-state index contributed by atoms with van der Waals surface area (Å²) in [7, 11) is 0. The zero-order valence-electron chi connectivity index (χ0n) is 7.72. The van der Waals surface area contributed by atoms with Crippen LogP contribution in [0.4, 0.5) is 0 Å². The zero-order chi connectivity index (χ0) is 8.55. The van der Waals surface area contributed by atoms with Gasteiger partial charge >= 0.3 is 0 Å². The van der Waals surface area contributed by atoms with E-state index < -0.39 is 0 Å². The molecule has 1 aliphatic rings. The summed E-state index contributed by atoms with van der Waals surface area (Å²) < 4.78 is 0. The molecule has 12 heavy (non-hydrogen) atoms. The summed E-state index contributed by atoms with van der Waals surface area (Å²) in [5, 5.41) is 0. The molecule has 0 saturated heterocycles. The molecule has 0 spiro atoms. The van der Waals surface area contributed by atoms with Gasteiger partial charge in [-0.3, -0.25) is 0 Å².